The Bertz CT molecular complexity index is 412. The van der Waals surface area contributed by atoms with E-state index in [-0.39, 0.29) is 23.2 Å². The van der Waals surface area contributed by atoms with E-state index in [4.69, 9.17) is 11.6 Å². The van der Waals surface area contributed by atoms with E-state index in [2.05, 4.69) is 21.2 Å². The standard InChI is InChI=1S/C10H11BrClFN2O/c1-15(2)5-8(16)14-7-4-3-6(11)9(12)10(7)13/h3-4H,5H2,1-2H3,(H,14,16). The van der Waals surface area contributed by atoms with Gasteiger partial charge in [-0.05, 0) is 42.2 Å². The molecule has 0 aliphatic rings. The van der Waals surface area contributed by atoms with Crippen LogP contribution in [0.1, 0.15) is 0 Å². The quantitative estimate of drug-likeness (QED) is 0.871. The van der Waals surface area contributed by atoms with Gasteiger partial charge in [0, 0.05) is 4.47 Å². The predicted molar refractivity (Wildman–Crippen MR) is 66.3 cm³/mol. The molecule has 0 aromatic heterocycles. The van der Waals surface area contributed by atoms with E-state index in [9.17, 15) is 9.18 Å². The molecule has 0 aliphatic heterocycles. The van der Waals surface area contributed by atoms with Crippen LogP contribution in [0.2, 0.25) is 5.02 Å². The van der Waals surface area contributed by atoms with E-state index in [0.29, 0.717) is 4.47 Å². The molecule has 0 spiro atoms. The highest BCUT2D eigenvalue weighted by molar-refractivity contribution is 9.10. The van der Waals surface area contributed by atoms with Gasteiger partial charge in [-0.2, -0.15) is 0 Å². The van der Waals surface area contributed by atoms with Crippen LogP contribution >= 0.6 is 27.5 Å². The maximum atomic E-state index is 13.6. The molecule has 1 N–H and O–H groups in total. The van der Waals surface area contributed by atoms with Gasteiger partial charge in [-0.15, -0.1) is 0 Å². The van der Waals surface area contributed by atoms with Gasteiger partial charge in [-0.3, -0.25) is 4.79 Å². The smallest absolute Gasteiger partial charge is 0.238 e. The number of nitrogens with zero attached hydrogens (tertiary/aromatic N) is 1. The van der Waals surface area contributed by atoms with Crippen molar-refractivity contribution in [2.24, 2.45) is 0 Å². The van der Waals surface area contributed by atoms with Crippen molar-refractivity contribution in [3.8, 4) is 0 Å². The first-order valence-electron chi connectivity index (χ1n) is 4.50. The van der Waals surface area contributed by atoms with E-state index in [1.807, 2.05) is 0 Å². The van der Waals surface area contributed by atoms with Gasteiger partial charge in [0.25, 0.3) is 0 Å². The topological polar surface area (TPSA) is 32.3 Å². The number of amides is 1. The summed E-state index contributed by atoms with van der Waals surface area (Å²) in [6.45, 7) is 0.188. The lowest BCUT2D eigenvalue weighted by Crippen LogP contribution is -2.27. The number of nitrogens with one attached hydrogen (secondary N) is 1. The van der Waals surface area contributed by atoms with Crippen molar-refractivity contribution in [1.29, 1.82) is 0 Å². The second kappa shape index (κ2) is 5.61. The lowest BCUT2D eigenvalue weighted by molar-refractivity contribution is -0.116. The monoisotopic (exact) mass is 308 g/mol. The molecule has 1 aromatic rings. The molecule has 1 rings (SSSR count). The summed E-state index contributed by atoms with van der Waals surface area (Å²) in [6.07, 6.45) is 0. The highest BCUT2D eigenvalue weighted by Crippen LogP contribution is 2.30. The third-order valence-corrected chi connectivity index (χ3v) is 3.03. The summed E-state index contributed by atoms with van der Waals surface area (Å²) < 4.78 is 14.0. The molecule has 88 valence electrons. The summed E-state index contributed by atoms with van der Waals surface area (Å²) in [5.41, 5.74) is 0.0834. The number of carbonyl (C=O) groups excluding carboxylic acids is 1. The van der Waals surface area contributed by atoms with Gasteiger partial charge in [0.1, 0.15) is 0 Å². The Hall–Kier alpha value is -0.650. The number of likely N-dealkylation sites (N-methyl/N-ethyl adjacent to an activating group) is 1. The van der Waals surface area contributed by atoms with Gasteiger partial charge in [-0.25, -0.2) is 4.39 Å². The fourth-order valence-electron chi connectivity index (χ4n) is 1.10. The summed E-state index contributed by atoms with van der Waals surface area (Å²) >= 11 is 8.78. The van der Waals surface area contributed by atoms with Crippen molar-refractivity contribution in [2.45, 2.75) is 0 Å². The number of carbonyl (C=O) groups is 1. The molecule has 0 fully saturated rings. The van der Waals surface area contributed by atoms with Crippen LogP contribution in [0.25, 0.3) is 0 Å². The Balaban J connectivity index is 2.82. The molecule has 1 amide bonds. The van der Waals surface area contributed by atoms with Gasteiger partial charge in [0.05, 0.1) is 17.3 Å². The fraction of sp³-hybridized carbons (Fsp3) is 0.300. The number of halogens is 3. The van der Waals surface area contributed by atoms with Gasteiger partial charge in [-0.1, -0.05) is 11.6 Å². The molecule has 0 radical (unpaired) electrons. The van der Waals surface area contributed by atoms with E-state index >= 15 is 0 Å². The van der Waals surface area contributed by atoms with Crippen molar-refractivity contribution in [2.75, 3.05) is 26.0 Å². The Labute approximate surface area is 107 Å². The summed E-state index contributed by atoms with van der Waals surface area (Å²) in [4.78, 5) is 13.1. The van der Waals surface area contributed by atoms with Crippen LogP contribution in [0, 0.1) is 5.82 Å². The average molecular weight is 310 g/mol. The third-order valence-electron chi connectivity index (χ3n) is 1.77. The van der Waals surface area contributed by atoms with Crippen LogP contribution in [-0.4, -0.2) is 31.4 Å². The zero-order valence-corrected chi connectivity index (χ0v) is 11.2. The van der Waals surface area contributed by atoms with Gasteiger partial charge in [0.15, 0.2) is 5.82 Å². The molecule has 16 heavy (non-hydrogen) atoms. The highest BCUT2D eigenvalue weighted by atomic mass is 79.9. The molecular weight excluding hydrogens is 298 g/mol. The second-order valence-corrected chi connectivity index (χ2v) is 4.74. The summed E-state index contributed by atoms with van der Waals surface area (Å²) in [5.74, 6) is -0.926. The summed E-state index contributed by atoms with van der Waals surface area (Å²) in [7, 11) is 3.51. The first-order chi connectivity index (χ1) is 7.41. The number of benzene rings is 1. The third kappa shape index (κ3) is 3.43. The fourth-order valence-corrected chi connectivity index (χ4v) is 1.57. The second-order valence-electron chi connectivity index (χ2n) is 3.51. The van der Waals surface area contributed by atoms with Crippen LogP contribution in [-0.2, 0) is 4.79 Å². The Morgan fingerprint density at radius 3 is 2.75 bits per heavy atom. The van der Waals surface area contributed by atoms with Gasteiger partial charge < -0.3 is 10.2 Å². The summed E-state index contributed by atoms with van der Waals surface area (Å²) in [5, 5.41) is 2.41. The van der Waals surface area contributed by atoms with Crippen LogP contribution in [0.15, 0.2) is 16.6 Å². The number of anilines is 1. The minimum Gasteiger partial charge on any atom is -0.322 e. The molecule has 0 unspecified atom stereocenters. The molecule has 1 aromatic carbocycles. The lowest BCUT2D eigenvalue weighted by atomic mass is 10.3. The lowest BCUT2D eigenvalue weighted by Gasteiger charge is -2.11. The molecule has 0 heterocycles. The van der Waals surface area contributed by atoms with Crippen molar-refractivity contribution in [3.63, 3.8) is 0 Å². The van der Waals surface area contributed by atoms with Gasteiger partial charge >= 0.3 is 0 Å². The maximum absolute atomic E-state index is 13.6. The Morgan fingerprint density at radius 2 is 2.19 bits per heavy atom. The van der Waals surface area contributed by atoms with Crippen molar-refractivity contribution in [1.82, 2.24) is 4.90 Å². The molecular formula is C10H11BrClFN2O. The van der Waals surface area contributed by atoms with E-state index in [1.165, 1.54) is 6.07 Å². The van der Waals surface area contributed by atoms with Crippen molar-refractivity contribution >= 4 is 39.1 Å². The summed E-state index contributed by atoms with van der Waals surface area (Å²) in [6, 6.07) is 3.04. The largest absolute Gasteiger partial charge is 0.322 e. The van der Waals surface area contributed by atoms with Crippen LogP contribution < -0.4 is 5.32 Å². The SMILES string of the molecule is CN(C)CC(=O)Nc1ccc(Br)c(Cl)c1F. The average Bonchev–Trinajstić information content (AvgIpc) is 2.18. The van der Waals surface area contributed by atoms with E-state index in [0.717, 1.165) is 0 Å². The Kier molecular flexibility index (Phi) is 4.70. The maximum Gasteiger partial charge on any atom is 0.238 e. The van der Waals surface area contributed by atoms with Crippen LogP contribution in [0.3, 0.4) is 0 Å². The van der Waals surface area contributed by atoms with E-state index < -0.39 is 5.82 Å². The van der Waals surface area contributed by atoms with Crippen LogP contribution in [0.4, 0.5) is 10.1 Å². The zero-order valence-electron chi connectivity index (χ0n) is 8.85. The van der Waals surface area contributed by atoms with Gasteiger partial charge in [0.2, 0.25) is 5.91 Å². The van der Waals surface area contributed by atoms with Crippen LogP contribution in [0.5, 0.6) is 0 Å². The molecule has 6 heteroatoms. The minimum atomic E-state index is -0.636. The normalized spacial score (nSPS) is 10.6. The molecule has 0 saturated carbocycles. The minimum absolute atomic E-state index is 0.0392. The first kappa shape index (κ1) is 13.4. The Morgan fingerprint density at radius 1 is 1.56 bits per heavy atom. The predicted octanol–water partition coefficient (Wildman–Crippen LogP) is 2.74. The first-order valence-corrected chi connectivity index (χ1v) is 5.67. The molecule has 0 atom stereocenters. The van der Waals surface area contributed by atoms with E-state index in [1.54, 1.807) is 25.1 Å². The molecule has 0 bridgehead atoms. The molecule has 0 aliphatic carbocycles. The number of hydrogen-bond donors (Lipinski definition) is 1. The van der Waals surface area contributed by atoms with Crippen molar-refractivity contribution in [3.05, 3.63) is 27.4 Å². The molecule has 3 nitrogen and oxygen atoms in total. The molecule has 0 saturated heterocycles. The zero-order chi connectivity index (χ0) is 12.3. The van der Waals surface area contributed by atoms with Crippen molar-refractivity contribution < 1.29 is 9.18 Å². The highest BCUT2D eigenvalue weighted by Gasteiger charge is 2.12. The number of rotatable bonds is 3. The number of hydrogen-bond acceptors (Lipinski definition) is 2.